The zero-order chi connectivity index (χ0) is 13.8. The number of halogens is 3. The van der Waals surface area contributed by atoms with E-state index in [1.807, 2.05) is 24.3 Å². The summed E-state index contributed by atoms with van der Waals surface area (Å²) in [6, 6.07) is 10.0. The maximum atomic E-state index is 13.1. The molecule has 0 aliphatic carbocycles. The van der Waals surface area contributed by atoms with E-state index in [9.17, 15) is 4.39 Å². The van der Waals surface area contributed by atoms with Gasteiger partial charge in [0.05, 0.1) is 22.8 Å². The van der Waals surface area contributed by atoms with Crippen LogP contribution in [-0.4, -0.2) is 7.11 Å². The van der Waals surface area contributed by atoms with Crippen LogP contribution in [0.25, 0.3) is 0 Å². The lowest BCUT2D eigenvalue weighted by Gasteiger charge is -2.13. The zero-order valence-corrected chi connectivity index (χ0v) is 11.7. The molecule has 0 saturated carbocycles. The van der Waals surface area contributed by atoms with Gasteiger partial charge in [-0.05, 0) is 18.2 Å². The molecule has 100 valence electrons. The molecule has 0 radical (unpaired) electrons. The summed E-state index contributed by atoms with van der Waals surface area (Å²) in [7, 11) is 1.61. The van der Waals surface area contributed by atoms with Gasteiger partial charge in [-0.2, -0.15) is 0 Å². The monoisotopic (exact) mass is 299 g/mol. The summed E-state index contributed by atoms with van der Waals surface area (Å²) in [4.78, 5) is 0. The number of benzene rings is 2. The van der Waals surface area contributed by atoms with Crippen molar-refractivity contribution in [1.29, 1.82) is 0 Å². The van der Waals surface area contributed by atoms with E-state index in [1.54, 1.807) is 7.11 Å². The number of hydrogen-bond donors (Lipinski definition) is 1. The summed E-state index contributed by atoms with van der Waals surface area (Å²) < 4.78 is 18.3. The lowest BCUT2D eigenvalue weighted by Crippen LogP contribution is -2.03. The maximum Gasteiger partial charge on any atom is 0.126 e. The van der Waals surface area contributed by atoms with E-state index in [-0.39, 0.29) is 10.0 Å². The van der Waals surface area contributed by atoms with Gasteiger partial charge in [0.2, 0.25) is 0 Å². The minimum atomic E-state index is -0.460. The predicted molar refractivity (Wildman–Crippen MR) is 76.7 cm³/mol. The molecular weight excluding hydrogens is 288 g/mol. The fourth-order valence-electron chi connectivity index (χ4n) is 1.74. The number of para-hydroxylation sites is 1. The van der Waals surface area contributed by atoms with E-state index in [0.717, 1.165) is 11.3 Å². The van der Waals surface area contributed by atoms with Crippen molar-refractivity contribution < 1.29 is 9.13 Å². The highest BCUT2D eigenvalue weighted by Crippen LogP contribution is 2.32. The van der Waals surface area contributed by atoms with Crippen LogP contribution in [0.2, 0.25) is 10.0 Å². The molecule has 0 saturated heterocycles. The van der Waals surface area contributed by atoms with Crippen molar-refractivity contribution >= 4 is 28.9 Å². The van der Waals surface area contributed by atoms with Crippen LogP contribution in [0.15, 0.2) is 36.4 Å². The minimum Gasteiger partial charge on any atom is -0.496 e. The number of ether oxygens (including phenoxy) is 1. The van der Waals surface area contributed by atoms with Crippen LogP contribution in [0.5, 0.6) is 5.75 Å². The van der Waals surface area contributed by atoms with Crippen LogP contribution in [-0.2, 0) is 6.54 Å². The SMILES string of the molecule is COc1ccccc1CNc1c(Cl)cc(F)cc1Cl. The standard InChI is InChI=1S/C14H12Cl2FNO/c1-19-13-5-3-2-4-9(13)8-18-14-11(15)6-10(17)7-12(14)16/h2-7,18H,8H2,1H3. The first-order valence-electron chi connectivity index (χ1n) is 5.62. The van der Waals surface area contributed by atoms with Crippen molar-refractivity contribution in [3.05, 3.63) is 57.8 Å². The molecule has 2 aromatic rings. The molecule has 1 N–H and O–H groups in total. The molecule has 0 aliphatic heterocycles. The smallest absolute Gasteiger partial charge is 0.126 e. The van der Waals surface area contributed by atoms with Gasteiger partial charge in [-0.15, -0.1) is 0 Å². The Morgan fingerprint density at radius 1 is 1.16 bits per heavy atom. The zero-order valence-electron chi connectivity index (χ0n) is 10.2. The highest BCUT2D eigenvalue weighted by molar-refractivity contribution is 6.39. The molecular formula is C14H12Cl2FNO. The Labute approximate surface area is 121 Å². The summed E-state index contributed by atoms with van der Waals surface area (Å²) in [5.74, 6) is 0.308. The Balaban J connectivity index is 2.19. The second-order valence-corrected chi connectivity index (χ2v) is 4.72. The molecule has 2 rings (SSSR count). The average Bonchev–Trinajstić information content (AvgIpc) is 2.38. The number of anilines is 1. The number of rotatable bonds is 4. The van der Waals surface area contributed by atoms with Crippen LogP contribution >= 0.6 is 23.2 Å². The van der Waals surface area contributed by atoms with Gasteiger partial charge in [0.25, 0.3) is 0 Å². The van der Waals surface area contributed by atoms with Crippen LogP contribution in [0.3, 0.4) is 0 Å². The minimum absolute atomic E-state index is 0.250. The van der Waals surface area contributed by atoms with Crippen LogP contribution < -0.4 is 10.1 Å². The molecule has 0 amide bonds. The Bertz CT molecular complexity index is 566. The topological polar surface area (TPSA) is 21.3 Å². The van der Waals surface area contributed by atoms with Gasteiger partial charge in [0.15, 0.2) is 0 Å². The molecule has 0 bridgehead atoms. The summed E-state index contributed by atoms with van der Waals surface area (Å²) in [6.45, 7) is 0.481. The van der Waals surface area contributed by atoms with Gasteiger partial charge in [-0.1, -0.05) is 41.4 Å². The molecule has 0 aliphatic rings. The van der Waals surface area contributed by atoms with Crippen molar-refractivity contribution in [2.75, 3.05) is 12.4 Å². The quantitative estimate of drug-likeness (QED) is 0.879. The van der Waals surface area contributed by atoms with Gasteiger partial charge in [0, 0.05) is 12.1 Å². The van der Waals surface area contributed by atoms with E-state index >= 15 is 0 Å². The third kappa shape index (κ3) is 3.31. The summed E-state index contributed by atoms with van der Waals surface area (Å²) in [5, 5.41) is 3.59. The molecule has 19 heavy (non-hydrogen) atoms. The van der Waals surface area contributed by atoms with Gasteiger partial charge < -0.3 is 10.1 Å². The van der Waals surface area contributed by atoms with E-state index in [2.05, 4.69) is 5.32 Å². The van der Waals surface area contributed by atoms with Gasteiger partial charge >= 0.3 is 0 Å². The lowest BCUT2D eigenvalue weighted by atomic mass is 10.2. The van der Waals surface area contributed by atoms with Crippen molar-refractivity contribution in [2.45, 2.75) is 6.54 Å². The average molecular weight is 300 g/mol. The van der Waals surface area contributed by atoms with Crippen molar-refractivity contribution in [3.8, 4) is 5.75 Å². The Kier molecular flexibility index (Phi) is 4.51. The predicted octanol–water partition coefficient (Wildman–Crippen LogP) is 4.75. The molecule has 0 fully saturated rings. The fraction of sp³-hybridized carbons (Fsp3) is 0.143. The van der Waals surface area contributed by atoms with Gasteiger partial charge in [0.1, 0.15) is 11.6 Å². The van der Waals surface area contributed by atoms with E-state index < -0.39 is 5.82 Å². The highest BCUT2D eigenvalue weighted by atomic mass is 35.5. The first-order valence-corrected chi connectivity index (χ1v) is 6.37. The van der Waals surface area contributed by atoms with Gasteiger partial charge in [-0.25, -0.2) is 4.39 Å². The second-order valence-electron chi connectivity index (χ2n) is 3.91. The first-order chi connectivity index (χ1) is 9.11. The van der Waals surface area contributed by atoms with Crippen molar-refractivity contribution in [1.82, 2.24) is 0 Å². The molecule has 0 heterocycles. The number of nitrogens with one attached hydrogen (secondary N) is 1. The normalized spacial score (nSPS) is 10.3. The molecule has 0 spiro atoms. The van der Waals surface area contributed by atoms with Crippen LogP contribution in [0.4, 0.5) is 10.1 Å². The van der Waals surface area contributed by atoms with Gasteiger partial charge in [-0.3, -0.25) is 0 Å². The largest absolute Gasteiger partial charge is 0.496 e. The number of methoxy groups -OCH3 is 1. The van der Waals surface area contributed by atoms with Crippen LogP contribution in [0, 0.1) is 5.82 Å². The summed E-state index contributed by atoms with van der Waals surface area (Å²) in [6.07, 6.45) is 0. The lowest BCUT2D eigenvalue weighted by molar-refractivity contribution is 0.410. The van der Waals surface area contributed by atoms with Crippen molar-refractivity contribution in [2.24, 2.45) is 0 Å². The Morgan fingerprint density at radius 3 is 2.42 bits per heavy atom. The van der Waals surface area contributed by atoms with E-state index in [0.29, 0.717) is 12.2 Å². The third-order valence-corrected chi connectivity index (χ3v) is 3.25. The molecule has 2 nitrogen and oxygen atoms in total. The second kappa shape index (κ2) is 6.13. The summed E-state index contributed by atoms with van der Waals surface area (Å²) in [5.41, 5.74) is 1.47. The van der Waals surface area contributed by atoms with E-state index in [4.69, 9.17) is 27.9 Å². The Morgan fingerprint density at radius 2 is 1.79 bits per heavy atom. The fourth-order valence-corrected chi connectivity index (χ4v) is 2.34. The number of hydrogen-bond acceptors (Lipinski definition) is 2. The molecule has 0 unspecified atom stereocenters. The highest BCUT2D eigenvalue weighted by Gasteiger charge is 2.09. The van der Waals surface area contributed by atoms with E-state index in [1.165, 1.54) is 12.1 Å². The summed E-state index contributed by atoms with van der Waals surface area (Å²) >= 11 is 11.9. The van der Waals surface area contributed by atoms with Crippen LogP contribution in [0.1, 0.15) is 5.56 Å². The molecule has 2 aromatic carbocycles. The first kappa shape index (κ1) is 14.0. The molecule has 0 aromatic heterocycles. The third-order valence-electron chi connectivity index (χ3n) is 2.66. The van der Waals surface area contributed by atoms with Crippen molar-refractivity contribution in [3.63, 3.8) is 0 Å². The Hall–Kier alpha value is -1.45. The molecule has 5 heteroatoms. The molecule has 0 atom stereocenters. The maximum absolute atomic E-state index is 13.1.